The van der Waals surface area contributed by atoms with Gasteiger partial charge in [0.05, 0.1) is 0 Å². The molecule has 0 spiro atoms. The average molecular weight is 227 g/mol. The summed E-state index contributed by atoms with van der Waals surface area (Å²) in [6.45, 7) is 2.21. The molecule has 1 atom stereocenters. The Morgan fingerprint density at radius 3 is 3.18 bits per heavy atom. The Kier molecular flexibility index (Phi) is 2.92. The molecule has 88 valence electrons. The number of aromatic nitrogens is 1. The van der Waals surface area contributed by atoms with Gasteiger partial charge in [0.1, 0.15) is 0 Å². The van der Waals surface area contributed by atoms with Gasteiger partial charge in [-0.15, -0.1) is 0 Å². The topological polar surface area (TPSA) is 37.0 Å². The van der Waals surface area contributed by atoms with Crippen LogP contribution < -0.4 is 10.6 Å². The molecule has 2 heterocycles. The van der Waals surface area contributed by atoms with Crippen molar-refractivity contribution in [3.05, 3.63) is 36.7 Å². The van der Waals surface area contributed by atoms with Crippen molar-refractivity contribution in [2.24, 2.45) is 0 Å². The standard InChI is InChI=1S/C14H17N3/c1-3-11-9-16-8-6-13(11)14(5-1)17-12-4-2-7-15-10-12/h1,3,5-6,8-9,12,15,17H,2,4,7,10H2/t12-/m1/s1. The Morgan fingerprint density at radius 1 is 1.29 bits per heavy atom. The maximum atomic E-state index is 4.16. The van der Waals surface area contributed by atoms with Crippen molar-refractivity contribution in [2.45, 2.75) is 18.9 Å². The smallest absolute Gasteiger partial charge is 0.0423 e. The van der Waals surface area contributed by atoms with Gasteiger partial charge in [-0.2, -0.15) is 0 Å². The molecular formula is C14H17N3. The number of benzene rings is 1. The van der Waals surface area contributed by atoms with Crippen LogP contribution in [-0.2, 0) is 0 Å². The van der Waals surface area contributed by atoms with E-state index in [1.54, 1.807) is 0 Å². The number of anilines is 1. The average Bonchev–Trinajstić information content (AvgIpc) is 2.40. The van der Waals surface area contributed by atoms with E-state index in [-0.39, 0.29) is 0 Å². The first-order valence-electron chi connectivity index (χ1n) is 6.23. The van der Waals surface area contributed by atoms with E-state index in [9.17, 15) is 0 Å². The van der Waals surface area contributed by atoms with Crippen molar-refractivity contribution in [3.63, 3.8) is 0 Å². The first-order valence-corrected chi connectivity index (χ1v) is 6.23. The molecule has 1 aromatic carbocycles. The minimum absolute atomic E-state index is 0.544. The van der Waals surface area contributed by atoms with Crippen LogP contribution >= 0.6 is 0 Å². The number of pyridine rings is 1. The highest BCUT2D eigenvalue weighted by atomic mass is 15.0. The van der Waals surface area contributed by atoms with Crippen molar-refractivity contribution in [3.8, 4) is 0 Å². The highest BCUT2D eigenvalue weighted by Gasteiger charge is 2.13. The third-order valence-corrected chi connectivity index (χ3v) is 3.34. The Morgan fingerprint density at radius 2 is 2.29 bits per heavy atom. The van der Waals surface area contributed by atoms with Gasteiger partial charge in [-0.25, -0.2) is 0 Å². The Hall–Kier alpha value is -1.61. The van der Waals surface area contributed by atoms with Crippen LogP contribution in [0.1, 0.15) is 12.8 Å². The SMILES string of the molecule is c1cc(N[C@@H]2CCCNC2)c2ccncc2c1. The normalized spacial score (nSPS) is 20.4. The second-order valence-electron chi connectivity index (χ2n) is 4.59. The molecule has 17 heavy (non-hydrogen) atoms. The van der Waals surface area contributed by atoms with Crippen molar-refractivity contribution in [2.75, 3.05) is 18.4 Å². The monoisotopic (exact) mass is 227 g/mol. The molecule has 1 fully saturated rings. The molecule has 2 N–H and O–H groups in total. The van der Waals surface area contributed by atoms with Crippen molar-refractivity contribution in [1.29, 1.82) is 0 Å². The van der Waals surface area contributed by atoms with E-state index < -0.39 is 0 Å². The van der Waals surface area contributed by atoms with Crippen LogP contribution in [0.4, 0.5) is 5.69 Å². The van der Waals surface area contributed by atoms with Gasteiger partial charge in [0.15, 0.2) is 0 Å². The molecule has 1 aliphatic heterocycles. The third-order valence-electron chi connectivity index (χ3n) is 3.34. The summed E-state index contributed by atoms with van der Waals surface area (Å²) in [5.41, 5.74) is 1.22. The quantitative estimate of drug-likeness (QED) is 0.827. The van der Waals surface area contributed by atoms with Gasteiger partial charge in [-0.05, 0) is 31.5 Å². The molecule has 1 aliphatic rings. The van der Waals surface area contributed by atoms with E-state index in [4.69, 9.17) is 0 Å². The highest BCUT2D eigenvalue weighted by molar-refractivity contribution is 5.93. The fraction of sp³-hybridized carbons (Fsp3) is 0.357. The molecule has 0 saturated carbocycles. The van der Waals surface area contributed by atoms with Gasteiger partial charge >= 0.3 is 0 Å². The molecule has 3 heteroatoms. The lowest BCUT2D eigenvalue weighted by Crippen LogP contribution is -2.38. The number of rotatable bonds is 2. The van der Waals surface area contributed by atoms with Crippen LogP contribution in [0.5, 0.6) is 0 Å². The van der Waals surface area contributed by atoms with E-state index in [0.29, 0.717) is 6.04 Å². The maximum absolute atomic E-state index is 4.16. The van der Waals surface area contributed by atoms with Crippen LogP contribution in [-0.4, -0.2) is 24.1 Å². The lowest BCUT2D eigenvalue weighted by molar-refractivity contribution is 0.480. The molecule has 0 bridgehead atoms. The number of piperidine rings is 1. The van der Waals surface area contributed by atoms with E-state index >= 15 is 0 Å². The fourth-order valence-electron chi connectivity index (χ4n) is 2.44. The summed E-state index contributed by atoms with van der Waals surface area (Å²) < 4.78 is 0. The zero-order valence-electron chi connectivity index (χ0n) is 9.82. The van der Waals surface area contributed by atoms with Crippen molar-refractivity contribution in [1.82, 2.24) is 10.3 Å². The predicted molar refractivity (Wildman–Crippen MR) is 71.3 cm³/mol. The van der Waals surface area contributed by atoms with E-state index in [1.165, 1.54) is 29.3 Å². The highest BCUT2D eigenvalue weighted by Crippen LogP contribution is 2.23. The molecule has 2 aromatic rings. The van der Waals surface area contributed by atoms with Gasteiger partial charge in [-0.3, -0.25) is 4.98 Å². The van der Waals surface area contributed by atoms with Crippen LogP contribution in [0.3, 0.4) is 0 Å². The molecule has 1 saturated heterocycles. The zero-order chi connectivity index (χ0) is 11.5. The van der Waals surface area contributed by atoms with Gasteiger partial charge in [0, 0.05) is 41.4 Å². The lowest BCUT2D eigenvalue weighted by Gasteiger charge is -2.25. The fourth-order valence-corrected chi connectivity index (χ4v) is 2.44. The number of nitrogens with one attached hydrogen (secondary N) is 2. The first kappa shape index (κ1) is 10.5. The molecule has 0 aliphatic carbocycles. The summed E-state index contributed by atoms with van der Waals surface area (Å²) in [7, 11) is 0. The van der Waals surface area contributed by atoms with Crippen LogP contribution in [0.25, 0.3) is 10.8 Å². The molecular weight excluding hydrogens is 210 g/mol. The zero-order valence-corrected chi connectivity index (χ0v) is 9.82. The largest absolute Gasteiger partial charge is 0.381 e. The van der Waals surface area contributed by atoms with Crippen LogP contribution in [0.2, 0.25) is 0 Å². The number of nitrogens with zero attached hydrogens (tertiary/aromatic N) is 1. The van der Waals surface area contributed by atoms with E-state index in [2.05, 4.69) is 39.9 Å². The van der Waals surface area contributed by atoms with E-state index in [1.807, 2.05) is 12.4 Å². The summed E-state index contributed by atoms with van der Waals surface area (Å²) in [5, 5.41) is 9.51. The molecule has 0 amide bonds. The van der Waals surface area contributed by atoms with E-state index in [0.717, 1.165) is 13.1 Å². The molecule has 1 aromatic heterocycles. The van der Waals surface area contributed by atoms with Gasteiger partial charge in [0.25, 0.3) is 0 Å². The van der Waals surface area contributed by atoms with Crippen LogP contribution in [0, 0.1) is 0 Å². The number of fused-ring (bicyclic) bond motifs is 1. The van der Waals surface area contributed by atoms with Crippen molar-refractivity contribution >= 4 is 16.5 Å². The second-order valence-corrected chi connectivity index (χ2v) is 4.59. The van der Waals surface area contributed by atoms with Gasteiger partial charge in [-0.1, -0.05) is 12.1 Å². The first-order chi connectivity index (χ1) is 8.43. The second kappa shape index (κ2) is 4.72. The number of hydrogen-bond donors (Lipinski definition) is 2. The molecule has 0 radical (unpaired) electrons. The van der Waals surface area contributed by atoms with Crippen molar-refractivity contribution < 1.29 is 0 Å². The molecule has 3 nitrogen and oxygen atoms in total. The summed E-state index contributed by atoms with van der Waals surface area (Å²) in [6.07, 6.45) is 6.27. The predicted octanol–water partition coefficient (Wildman–Crippen LogP) is 2.40. The molecule has 3 rings (SSSR count). The summed E-state index contributed by atoms with van der Waals surface area (Å²) >= 11 is 0. The number of hydrogen-bond acceptors (Lipinski definition) is 3. The minimum atomic E-state index is 0.544. The summed E-state index contributed by atoms with van der Waals surface area (Å²) in [5.74, 6) is 0. The third kappa shape index (κ3) is 2.24. The Balaban J connectivity index is 1.89. The minimum Gasteiger partial charge on any atom is -0.381 e. The summed E-state index contributed by atoms with van der Waals surface area (Å²) in [4.78, 5) is 4.16. The molecule has 0 unspecified atom stereocenters. The maximum Gasteiger partial charge on any atom is 0.0423 e. The lowest BCUT2D eigenvalue weighted by atomic mass is 10.1. The van der Waals surface area contributed by atoms with Gasteiger partial charge < -0.3 is 10.6 Å². The Labute approximate surface area is 101 Å². The summed E-state index contributed by atoms with van der Waals surface area (Å²) in [6, 6.07) is 8.96. The Bertz CT molecular complexity index is 498. The van der Waals surface area contributed by atoms with Crippen LogP contribution in [0.15, 0.2) is 36.7 Å². The van der Waals surface area contributed by atoms with Gasteiger partial charge in [0.2, 0.25) is 0 Å².